The first kappa shape index (κ1) is 16.9. The van der Waals surface area contributed by atoms with Crippen LogP contribution in [0.1, 0.15) is 25.7 Å². The number of halogens is 1. The smallest absolute Gasteiger partial charge is 0.150 e. The van der Waals surface area contributed by atoms with Gasteiger partial charge in [0.05, 0.1) is 6.20 Å². The van der Waals surface area contributed by atoms with Gasteiger partial charge < -0.3 is 9.80 Å². The predicted octanol–water partition coefficient (Wildman–Crippen LogP) is 2.48. The maximum Gasteiger partial charge on any atom is 0.150 e. The largest absolute Gasteiger partial charge is 0.357 e. The van der Waals surface area contributed by atoms with Gasteiger partial charge in [0, 0.05) is 26.2 Å². The van der Waals surface area contributed by atoms with Crippen molar-refractivity contribution in [3.05, 3.63) is 23.2 Å². The number of hydrogen-bond acceptors (Lipinski definition) is 6. The molecule has 6 nitrogen and oxygen atoms in total. The number of aliphatic imine (C=N–C) groups is 1. The summed E-state index contributed by atoms with van der Waals surface area (Å²) in [5.74, 6) is 0.833. The maximum absolute atomic E-state index is 9.59. The molecular weight excluding hydrogens is 312 g/mol. The van der Waals surface area contributed by atoms with Crippen molar-refractivity contribution in [1.82, 2.24) is 9.80 Å². The van der Waals surface area contributed by atoms with Crippen molar-refractivity contribution in [2.24, 2.45) is 4.99 Å². The minimum atomic E-state index is -0.149. The van der Waals surface area contributed by atoms with Gasteiger partial charge in [-0.05, 0) is 25.7 Å². The monoisotopic (exact) mass is 328 g/mol. The molecule has 2 saturated heterocycles. The van der Waals surface area contributed by atoms with E-state index in [1.165, 1.54) is 0 Å². The summed E-state index contributed by atoms with van der Waals surface area (Å²) < 4.78 is 0. The molecule has 0 aromatic rings. The van der Waals surface area contributed by atoms with Crippen molar-refractivity contribution < 1.29 is 0 Å². The lowest BCUT2D eigenvalue weighted by atomic mass is 10.2. The van der Waals surface area contributed by atoms with Gasteiger partial charge in [-0.15, -0.1) is 0 Å². The summed E-state index contributed by atoms with van der Waals surface area (Å²) in [6.45, 7) is 3.61. The predicted molar refractivity (Wildman–Crippen MR) is 86.9 cm³/mol. The van der Waals surface area contributed by atoms with E-state index in [9.17, 15) is 5.26 Å². The fourth-order valence-corrected chi connectivity index (χ4v) is 3.01. The van der Waals surface area contributed by atoms with Crippen LogP contribution in [0, 0.1) is 34.0 Å². The molecule has 0 unspecified atom stereocenters. The van der Waals surface area contributed by atoms with Gasteiger partial charge in [-0.25, -0.2) is 4.99 Å². The van der Waals surface area contributed by atoms with E-state index < -0.39 is 0 Å². The zero-order valence-corrected chi connectivity index (χ0v) is 13.6. The molecule has 23 heavy (non-hydrogen) atoms. The highest BCUT2D eigenvalue weighted by atomic mass is 35.5. The fraction of sp³-hybridized carbons (Fsp3) is 0.500. The average molecular weight is 329 g/mol. The Labute approximate surface area is 141 Å². The van der Waals surface area contributed by atoms with Gasteiger partial charge in [-0.2, -0.15) is 15.8 Å². The second kappa shape index (κ2) is 8.22. The average Bonchev–Trinajstić information content (AvgIpc) is 3.27. The fourth-order valence-electron chi connectivity index (χ4n) is 2.83. The summed E-state index contributed by atoms with van der Waals surface area (Å²) in [6.07, 6.45) is 5.48. The van der Waals surface area contributed by atoms with Gasteiger partial charge in [-0.1, -0.05) is 11.6 Å². The molecular formula is C16H17ClN6. The molecule has 0 spiro atoms. The van der Waals surface area contributed by atoms with Crippen LogP contribution in [-0.4, -0.2) is 41.1 Å². The Morgan fingerprint density at radius 1 is 0.870 bits per heavy atom. The first-order valence-corrected chi connectivity index (χ1v) is 7.97. The van der Waals surface area contributed by atoms with Crippen LogP contribution in [0.15, 0.2) is 28.2 Å². The van der Waals surface area contributed by atoms with Gasteiger partial charge in [0.1, 0.15) is 35.2 Å². The third-order valence-electron chi connectivity index (χ3n) is 3.90. The van der Waals surface area contributed by atoms with E-state index in [0.29, 0.717) is 5.57 Å². The van der Waals surface area contributed by atoms with Crippen molar-refractivity contribution in [2.45, 2.75) is 25.7 Å². The van der Waals surface area contributed by atoms with E-state index in [1.54, 1.807) is 12.1 Å². The molecule has 2 rings (SSSR count). The summed E-state index contributed by atoms with van der Waals surface area (Å²) in [7, 11) is 0. The second-order valence-corrected chi connectivity index (χ2v) is 5.74. The highest BCUT2D eigenvalue weighted by Gasteiger charge is 2.27. The summed E-state index contributed by atoms with van der Waals surface area (Å²) in [5, 5.41) is 27.1. The minimum absolute atomic E-state index is 0.0179. The molecule has 2 heterocycles. The molecule has 0 atom stereocenters. The van der Waals surface area contributed by atoms with E-state index in [4.69, 9.17) is 22.1 Å². The molecule has 0 N–H and O–H groups in total. The molecule has 0 saturated carbocycles. The van der Waals surface area contributed by atoms with Gasteiger partial charge >= 0.3 is 0 Å². The SMILES string of the molecule is N#CC(C#N)=CN=C(Cl)C(C#N)=C(N1CCCC1)N1CCCC1. The molecule has 118 valence electrons. The number of hydrogen-bond donors (Lipinski definition) is 0. The number of rotatable bonds is 4. The number of allylic oxidation sites excluding steroid dienone is 2. The third-order valence-corrected chi connectivity index (χ3v) is 4.19. The Balaban J connectivity index is 2.42. The van der Waals surface area contributed by atoms with Crippen LogP contribution in [0.25, 0.3) is 0 Å². The molecule has 0 amide bonds. The Kier molecular flexibility index (Phi) is 6.03. The minimum Gasteiger partial charge on any atom is -0.357 e. The lowest BCUT2D eigenvalue weighted by molar-refractivity contribution is 0.268. The Bertz CT molecular complexity index is 624. The Morgan fingerprint density at radius 3 is 1.74 bits per heavy atom. The van der Waals surface area contributed by atoms with Crippen LogP contribution in [-0.2, 0) is 0 Å². The zero-order chi connectivity index (χ0) is 16.7. The molecule has 0 aromatic carbocycles. The van der Waals surface area contributed by atoms with Crippen LogP contribution in [0.4, 0.5) is 0 Å². The second-order valence-electron chi connectivity index (χ2n) is 5.39. The summed E-state index contributed by atoms with van der Waals surface area (Å²) in [6, 6.07) is 5.59. The number of likely N-dealkylation sites (tertiary alicyclic amines) is 2. The molecule has 0 radical (unpaired) electrons. The van der Waals surface area contributed by atoms with Crippen LogP contribution in [0.2, 0.25) is 0 Å². The van der Waals surface area contributed by atoms with Crippen molar-refractivity contribution in [3.63, 3.8) is 0 Å². The molecule has 2 fully saturated rings. The summed E-state index contributed by atoms with van der Waals surface area (Å²) >= 11 is 6.21. The lowest BCUT2D eigenvalue weighted by Gasteiger charge is -2.31. The molecule has 0 aromatic heterocycles. The maximum atomic E-state index is 9.59. The van der Waals surface area contributed by atoms with Gasteiger partial charge in [0.2, 0.25) is 0 Å². The standard InChI is InChI=1S/C16H17ClN6/c17-15(21-12-13(9-18)10-19)14(11-20)16(22-5-1-2-6-22)23-7-3-4-8-23/h12H,1-8H2. The third kappa shape index (κ3) is 4.03. The highest BCUT2D eigenvalue weighted by molar-refractivity contribution is 6.70. The van der Waals surface area contributed by atoms with Crippen molar-refractivity contribution in [1.29, 1.82) is 15.8 Å². The van der Waals surface area contributed by atoms with Crippen molar-refractivity contribution in [2.75, 3.05) is 26.2 Å². The van der Waals surface area contributed by atoms with Crippen molar-refractivity contribution in [3.8, 4) is 18.2 Å². The molecule has 7 heteroatoms. The van der Waals surface area contributed by atoms with E-state index in [2.05, 4.69) is 20.9 Å². The van der Waals surface area contributed by atoms with Crippen LogP contribution >= 0.6 is 11.6 Å². The first-order valence-electron chi connectivity index (χ1n) is 7.59. The van der Waals surface area contributed by atoms with Gasteiger partial charge in [0.25, 0.3) is 0 Å². The van der Waals surface area contributed by atoms with Gasteiger partial charge in [-0.3, -0.25) is 0 Å². The van der Waals surface area contributed by atoms with Crippen LogP contribution < -0.4 is 0 Å². The Morgan fingerprint density at radius 2 is 1.35 bits per heavy atom. The van der Waals surface area contributed by atoms with E-state index in [-0.39, 0.29) is 10.7 Å². The van der Waals surface area contributed by atoms with E-state index in [1.807, 2.05) is 0 Å². The van der Waals surface area contributed by atoms with Crippen LogP contribution in [0.5, 0.6) is 0 Å². The lowest BCUT2D eigenvalue weighted by Crippen LogP contribution is -2.34. The van der Waals surface area contributed by atoms with Crippen molar-refractivity contribution >= 4 is 16.8 Å². The van der Waals surface area contributed by atoms with E-state index in [0.717, 1.165) is 63.9 Å². The Hall–Kier alpha value is -2.49. The molecule has 0 bridgehead atoms. The number of nitrogens with zero attached hydrogens (tertiary/aromatic N) is 6. The van der Waals surface area contributed by atoms with Gasteiger partial charge in [0.15, 0.2) is 5.17 Å². The summed E-state index contributed by atoms with van der Waals surface area (Å²) in [4.78, 5) is 8.31. The normalized spacial score (nSPS) is 17.2. The highest BCUT2D eigenvalue weighted by Crippen LogP contribution is 2.26. The molecule has 0 aliphatic carbocycles. The van der Waals surface area contributed by atoms with E-state index >= 15 is 0 Å². The first-order chi connectivity index (χ1) is 11.2. The molecule has 2 aliphatic rings. The quantitative estimate of drug-likeness (QED) is 0.584. The summed E-state index contributed by atoms with van der Waals surface area (Å²) in [5.41, 5.74) is 0.159. The zero-order valence-electron chi connectivity index (χ0n) is 12.8. The molecule has 2 aliphatic heterocycles. The number of nitriles is 3. The van der Waals surface area contributed by atoms with Crippen LogP contribution in [0.3, 0.4) is 0 Å². The topological polar surface area (TPSA) is 90.2 Å².